The highest BCUT2D eigenvalue weighted by Gasteiger charge is 2.58. The first-order valence-corrected chi connectivity index (χ1v) is 19.1. The summed E-state index contributed by atoms with van der Waals surface area (Å²) in [6, 6.07) is 13.7. The van der Waals surface area contributed by atoms with Crippen LogP contribution in [0.5, 0.6) is 0 Å². The lowest BCUT2D eigenvalue weighted by molar-refractivity contribution is -0.142. The van der Waals surface area contributed by atoms with Crippen molar-refractivity contribution in [1.29, 1.82) is 0 Å². The number of carbonyl (C=O) groups excluding carboxylic acids is 2. The van der Waals surface area contributed by atoms with E-state index in [2.05, 4.69) is 21.2 Å². The zero-order valence-corrected chi connectivity index (χ0v) is 29.1. The number of hydrogen-bond acceptors (Lipinski definition) is 7. The number of sulfone groups is 1. The Bertz CT molecular complexity index is 1680. The maximum atomic E-state index is 14.6. The highest BCUT2D eigenvalue weighted by atomic mass is 32.2. The Kier molecular flexibility index (Phi) is 10.5. The van der Waals surface area contributed by atoms with E-state index in [-0.39, 0.29) is 46.9 Å². The molecule has 1 saturated carbocycles. The van der Waals surface area contributed by atoms with Gasteiger partial charge < -0.3 is 24.3 Å². The van der Waals surface area contributed by atoms with Gasteiger partial charge in [0.25, 0.3) is 5.54 Å². The standard InChI is InChI=1S/C38H47FN4O5S/c1-4-36(44)42-20-17-34(26-42)49(46,47)33-13-11-32(12-14-33)43-24-27(25-43)23-41-18-15-29(16-19-41)38(40-2,30-8-6-9-31(39)22-30)35-10-5-7-28(35)21-37(45)48-3/h4,6,8-9,11-14,22,27-29,34-35H,1,5,7,10,15-21,23-26H2,3H3/t28-,34?,35+,38-/m1/s1. The number of halogens is 1. The van der Waals surface area contributed by atoms with Crippen molar-refractivity contribution in [2.24, 2.45) is 23.7 Å². The molecule has 2 aromatic carbocycles. The fourth-order valence-electron chi connectivity index (χ4n) is 9.05. The normalized spacial score (nSPS) is 25.0. The van der Waals surface area contributed by atoms with Crippen LogP contribution < -0.4 is 4.90 Å². The summed E-state index contributed by atoms with van der Waals surface area (Å²) in [7, 11) is -2.13. The van der Waals surface area contributed by atoms with Crippen LogP contribution >= 0.6 is 0 Å². The summed E-state index contributed by atoms with van der Waals surface area (Å²) in [5, 5.41) is -0.604. The maximum Gasteiger partial charge on any atom is 0.305 e. The van der Waals surface area contributed by atoms with E-state index in [1.807, 2.05) is 18.2 Å². The molecule has 0 aromatic heterocycles. The molecule has 49 heavy (non-hydrogen) atoms. The second kappa shape index (κ2) is 14.6. The van der Waals surface area contributed by atoms with Crippen molar-refractivity contribution in [2.75, 3.05) is 57.8 Å². The largest absolute Gasteiger partial charge is 0.469 e. The summed E-state index contributed by atoms with van der Waals surface area (Å²) in [4.78, 5) is 35.2. The van der Waals surface area contributed by atoms with Crippen LogP contribution in [0.25, 0.3) is 4.85 Å². The van der Waals surface area contributed by atoms with Crippen LogP contribution in [0.15, 0.2) is 66.1 Å². The molecule has 3 aliphatic heterocycles. The van der Waals surface area contributed by atoms with Gasteiger partial charge in [-0.25, -0.2) is 19.4 Å². The van der Waals surface area contributed by atoms with Crippen LogP contribution in [0.3, 0.4) is 0 Å². The van der Waals surface area contributed by atoms with E-state index in [0.29, 0.717) is 25.3 Å². The van der Waals surface area contributed by atoms with Crippen molar-refractivity contribution in [3.05, 3.63) is 84.0 Å². The van der Waals surface area contributed by atoms with Gasteiger partial charge in [0.15, 0.2) is 9.84 Å². The summed E-state index contributed by atoms with van der Waals surface area (Å²) in [6.45, 7) is 17.2. The van der Waals surface area contributed by atoms with E-state index in [9.17, 15) is 22.4 Å². The second-order valence-corrected chi connectivity index (χ2v) is 16.5. The summed E-state index contributed by atoms with van der Waals surface area (Å²) >= 11 is 0. The van der Waals surface area contributed by atoms with Gasteiger partial charge in [0.2, 0.25) is 5.91 Å². The minimum absolute atomic E-state index is 0.0293. The number of hydrogen-bond donors (Lipinski definition) is 0. The van der Waals surface area contributed by atoms with E-state index in [1.165, 1.54) is 30.2 Å². The van der Waals surface area contributed by atoms with Gasteiger partial charge in [-0.1, -0.05) is 25.1 Å². The molecular formula is C38H47FN4O5S. The second-order valence-electron chi connectivity index (χ2n) is 14.3. The van der Waals surface area contributed by atoms with E-state index >= 15 is 0 Å². The van der Waals surface area contributed by atoms with E-state index in [4.69, 9.17) is 11.3 Å². The maximum absolute atomic E-state index is 14.6. The van der Waals surface area contributed by atoms with Crippen LogP contribution in [-0.2, 0) is 29.7 Å². The van der Waals surface area contributed by atoms with Crippen molar-refractivity contribution in [2.45, 2.75) is 60.6 Å². The Morgan fingerprint density at radius 1 is 1.04 bits per heavy atom. The average Bonchev–Trinajstić information content (AvgIpc) is 3.79. The zero-order valence-electron chi connectivity index (χ0n) is 28.3. The molecule has 11 heteroatoms. The third-order valence-electron chi connectivity index (χ3n) is 11.6. The Labute approximate surface area is 289 Å². The Hall–Kier alpha value is -3.75. The number of ether oxygens (including phenoxy) is 1. The fourth-order valence-corrected chi connectivity index (χ4v) is 10.7. The molecule has 1 unspecified atom stereocenters. The van der Waals surface area contributed by atoms with Gasteiger partial charge in [-0.05, 0) is 93.6 Å². The average molecular weight is 691 g/mol. The first-order valence-electron chi connectivity index (χ1n) is 17.5. The lowest BCUT2D eigenvalue weighted by Crippen LogP contribution is -2.53. The zero-order chi connectivity index (χ0) is 34.8. The van der Waals surface area contributed by atoms with Crippen LogP contribution in [0.4, 0.5) is 10.1 Å². The molecule has 2 aromatic rings. The van der Waals surface area contributed by atoms with E-state index in [0.717, 1.165) is 76.1 Å². The molecule has 262 valence electrons. The van der Waals surface area contributed by atoms with Crippen molar-refractivity contribution >= 4 is 27.4 Å². The molecule has 9 nitrogen and oxygen atoms in total. The van der Waals surface area contributed by atoms with Gasteiger partial charge in [-0.3, -0.25) is 9.59 Å². The Morgan fingerprint density at radius 3 is 2.43 bits per heavy atom. The van der Waals surface area contributed by atoms with Crippen molar-refractivity contribution < 1.29 is 27.1 Å². The summed E-state index contributed by atoms with van der Waals surface area (Å²) in [6.07, 6.45) is 6.30. The number of nitrogens with zero attached hydrogens (tertiary/aromatic N) is 4. The Morgan fingerprint density at radius 2 is 1.78 bits per heavy atom. The SMILES string of the molecule is [C-]#[N+][C@@](c1cccc(F)c1)(C1CCN(CC2CN(c3ccc(S(=O)(=O)C4CCN(C(=O)C=C)C4)cc3)C2)CC1)[C@H]1CCC[C@@H]1CC(=O)OC. The van der Waals surface area contributed by atoms with E-state index < -0.39 is 20.6 Å². The number of esters is 1. The summed E-state index contributed by atoms with van der Waals surface area (Å²) in [5.41, 5.74) is 0.860. The minimum atomic E-state index is -3.54. The molecule has 4 fully saturated rings. The molecule has 6 rings (SSSR count). The summed E-state index contributed by atoms with van der Waals surface area (Å²) < 4.78 is 46.1. The van der Waals surface area contributed by atoms with Crippen LogP contribution in [0.1, 0.15) is 50.5 Å². The van der Waals surface area contributed by atoms with Crippen LogP contribution in [0.2, 0.25) is 0 Å². The Balaban J connectivity index is 1.05. The smallest absolute Gasteiger partial charge is 0.305 e. The molecule has 1 amide bonds. The number of amides is 1. The molecule has 3 saturated heterocycles. The first-order chi connectivity index (χ1) is 23.6. The quantitative estimate of drug-likeness (QED) is 0.179. The van der Waals surface area contributed by atoms with Gasteiger partial charge in [0.05, 0.1) is 17.3 Å². The number of piperidine rings is 1. The molecule has 0 N–H and O–H groups in total. The predicted octanol–water partition coefficient (Wildman–Crippen LogP) is 5.33. The number of carbonyl (C=O) groups is 2. The van der Waals surface area contributed by atoms with Gasteiger partial charge >= 0.3 is 5.97 Å². The molecule has 0 spiro atoms. The van der Waals surface area contributed by atoms with Gasteiger partial charge in [-0.2, -0.15) is 0 Å². The highest BCUT2D eigenvalue weighted by Crippen LogP contribution is 2.54. The fraction of sp³-hybridized carbons (Fsp3) is 0.553. The number of methoxy groups -OCH3 is 1. The van der Waals surface area contributed by atoms with Gasteiger partial charge in [0, 0.05) is 68.1 Å². The first kappa shape index (κ1) is 35.1. The summed E-state index contributed by atoms with van der Waals surface area (Å²) in [5.74, 6) is -0.261. The number of benzene rings is 2. The predicted molar refractivity (Wildman–Crippen MR) is 186 cm³/mol. The molecule has 4 atom stereocenters. The molecular weight excluding hydrogens is 644 g/mol. The van der Waals surface area contributed by atoms with Gasteiger partial charge in [0.1, 0.15) is 5.82 Å². The van der Waals surface area contributed by atoms with Gasteiger partial charge in [-0.15, -0.1) is 0 Å². The third kappa shape index (κ3) is 7.00. The number of likely N-dealkylation sites (tertiary alicyclic amines) is 2. The monoisotopic (exact) mass is 690 g/mol. The molecule has 1 aliphatic carbocycles. The molecule has 0 bridgehead atoms. The van der Waals surface area contributed by atoms with Crippen molar-refractivity contribution in [1.82, 2.24) is 9.80 Å². The van der Waals surface area contributed by atoms with Crippen LogP contribution in [0, 0.1) is 36.1 Å². The lowest BCUT2D eigenvalue weighted by Gasteiger charge is -2.46. The number of rotatable bonds is 11. The molecule has 3 heterocycles. The van der Waals surface area contributed by atoms with Crippen LogP contribution in [-0.4, -0.2) is 88.3 Å². The molecule has 0 radical (unpaired) electrons. The number of anilines is 1. The lowest BCUT2D eigenvalue weighted by atomic mass is 9.63. The third-order valence-corrected chi connectivity index (χ3v) is 13.8. The van der Waals surface area contributed by atoms with Crippen molar-refractivity contribution in [3.63, 3.8) is 0 Å². The van der Waals surface area contributed by atoms with Crippen molar-refractivity contribution in [3.8, 4) is 0 Å². The molecule has 4 aliphatic rings. The highest BCUT2D eigenvalue weighted by molar-refractivity contribution is 7.92. The minimum Gasteiger partial charge on any atom is -0.469 e. The topological polar surface area (TPSA) is 91.6 Å². The van der Waals surface area contributed by atoms with E-state index in [1.54, 1.807) is 18.2 Å².